The van der Waals surface area contributed by atoms with Gasteiger partial charge in [0.25, 0.3) is 0 Å². The maximum absolute atomic E-state index is 9.30. The standard InChI is InChI=1S/C8H17NO2/c1-7(6-10)9-4-2-3-8(11)5-9/h7-8,10-11H,2-6H2,1H3. The molecule has 0 bridgehead atoms. The van der Waals surface area contributed by atoms with Crippen molar-refractivity contribution in [2.75, 3.05) is 19.7 Å². The second-order valence-electron chi connectivity index (χ2n) is 3.32. The second kappa shape index (κ2) is 4.04. The van der Waals surface area contributed by atoms with Crippen LogP contribution in [0.1, 0.15) is 19.8 Å². The lowest BCUT2D eigenvalue weighted by atomic mass is 10.1. The maximum Gasteiger partial charge on any atom is 0.0667 e. The number of rotatable bonds is 2. The number of aliphatic hydroxyl groups is 2. The third-order valence-corrected chi connectivity index (χ3v) is 2.32. The summed E-state index contributed by atoms with van der Waals surface area (Å²) in [7, 11) is 0. The van der Waals surface area contributed by atoms with Crippen molar-refractivity contribution in [3.63, 3.8) is 0 Å². The molecule has 2 atom stereocenters. The monoisotopic (exact) mass is 159 g/mol. The minimum Gasteiger partial charge on any atom is -0.395 e. The summed E-state index contributed by atoms with van der Waals surface area (Å²) in [5, 5.41) is 18.2. The van der Waals surface area contributed by atoms with E-state index in [2.05, 4.69) is 4.90 Å². The van der Waals surface area contributed by atoms with Crippen molar-refractivity contribution in [3.05, 3.63) is 0 Å². The fourth-order valence-electron chi connectivity index (χ4n) is 1.50. The Kier molecular flexibility index (Phi) is 3.30. The van der Waals surface area contributed by atoms with E-state index in [0.29, 0.717) is 0 Å². The Balaban J connectivity index is 2.33. The van der Waals surface area contributed by atoms with Crippen LogP contribution in [0.5, 0.6) is 0 Å². The fraction of sp³-hybridized carbons (Fsp3) is 1.00. The average molecular weight is 159 g/mol. The molecule has 1 rings (SSSR count). The fourth-order valence-corrected chi connectivity index (χ4v) is 1.50. The van der Waals surface area contributed by atoms with Crippen LogP contribution in [0.4, 0.5) is 0 Å². The summed E-state index contributed by atoms with van der Waals surface area (Å²) >= 11 is 0. The van der Waals surface area contributed by atoms with Crippen LogP contribution in [0.25, 0.3) is 0 Å². The summed E-state index contributed by atoms with van der Waals surface area (Å²) in [6.07, 6.45) is 1.78. The summed E-state index contributed by atoms with van der Waals surface area (Å²) in [4.78, 5) is 2.13. The molecule has 0 aliphatic carbocycles. The van der Waals surface area contributed by atoms with Crippen molar-refractivity contribution in [2.45, 2.75) is 31.9 Å². The van der Waals surface area contributed by atoms with Crippen LogP contribution in [0.3, 0.4) is 0 Å². The molecule has 1 aliphatic heterocycles. The molecule has 3 nitrogen and oxygen atoms in total. The maximum atomic E-state index is 9.30. The molecule has 0 radical (unpaired) electrons. The number of β-amino-alcohol motifs (C(OH)–C–C–N with tert-alkyl or cyclic N) is 1. The second-order valence-corrected chi connectivity index (χ2v) is 3.32. The van der Waals surface area contributed by atoms with E-state index in [9.17, 15) is 5.11 Å². The first-order chi connectivity index (χ1) is 5.24. The first-order valence-electron chi connectivity index (χ1n) is 4.27. The van der Waals surface area contributed by atoms with Crippen LogP contribution in [0.2, 0.25) is 0 Å². The van der Waals surface area contributed by atoms with Gasteiger partial charge in [0.05, 0.1) is 12.7 Å². The van der Waals surface area contributed by atoms with E-state index in [1.165, 1.54) is 0 Å². The third kappa shape index (κ3) is 2.43. The molecule has 1 aliphatic rings. The van der Waals surface area contributed by atoms with E-state index in [4.69, 9.17) is 5.11 Å². The molecule has 0 spiro atoms. The highest BCUT2D eigenvalue weighted by Crippen LogP contribution is 2.12. The Labute approximate surface area is 67.6 Å². The van der Waals surface area contributed by atoms with Crippen molar-refractivity contribution in [1.82, 2.24) is 4.90 Å². The van der Waals surface area contributed by atoms with Crippen molar-refractivity contribution in [2.24, 2.45) is 0 Å². The van der Waals surface area contributed by atoms with Gasteiger partial charge in [-0.15, -0.1) is 0 Å². The van der Waals surface area contributed by atoms with E-state index in [0.717, 1.165) is 25.9 Å². The summed E-state index contributed by atoms with van der Waals surface area (Å²) in [5.41, 5.74) is 0. The molecule has 0 saturated carbocycles. The van der Waals surface area contributed by atoms with Gasteiger partial charge in [-0.05, 0) is 26.3 Å². The van der Waals surface area contributed by atoms with Gasteiger partial charge in [0, 0.05) is 12.6 Å². The van der Waals surface area contributed by atoms with E-state index in [-0.39, 0.29) is 18.8 Å². The summed E-state index contributed by atoms with van der Waals surface area (Å²) < 4.78 is 0. The molecule has 0 aromatic carbocycles. The first kappa shape index (κ1) is 8.97. The van der Waals surface area contributed by atoms with Crippen molar-refractivity contribution >= 4 is 0 Å². The molecule has 1 saturated heterocycles. The van der Waals surface area contributed by atoms with Gasteiger partial charge in [0.15, 0.2) is 0 Å². The molecule has 66 valence electrons. The predicted octanol–water partition coefficient (Wildman–Crippen LogP) is -0.176. The lowest BCUT2D eigenvalue weighted by Gasteiger charge is -2.33. The van der Waals surface area contributed by atoms with Crippen LogP contribution in [0, 0.1) is 0 Å². The van der Waals surface area contributed by atoms with E-state index < -0.39 is 0 Å². The lowest BCUT2D eigenvalue weighted by Crippen LogP contribution is -2.44. The highest BCUT2D eigenvalue weighted by Gasteiger charge is 2.20. The summed E-state index contributed by atoms with van der Waals surface area (Å²) in [5.74, 6) is 0. The zero-order chi connectivity index (χ0) is 8.27. The SMILES string of the molecule is CC(CO)N1CCCC(O)C1. The highest BCUT2D eigenvalue weighted by molar-refractivity contribution is 4.75. The molecule has 2 N–H and O–H groups in total. The Morgan fingerprint density at radius 3 is 2.91 bits per heavy atom. The lowest BCUT2D eigenvalue weighted by molar-refractivity contribution is 0.0344. The molecular formula is C8H17NO2. The van der Waals surface area contributed by atoms with Gasteiger partial charge in [-0.2, -0.15) is 0 Å². The van der Waals surface area contributed by atoms with Crippen LogP contribution >= 0.6 is 0 Å². The number of piperidine rings is 1. The molecule has 1 fully saturated rings. The first-order valence-corrected chi connectivity index (χ1v) is 4.27. The third-order valence-electron chi connectivity index (χ3n) is 2.32. The van der Waals surface area contributed by atoms with Crippen molar-refractivity contribution in [3.8, 4) is 0 Å². The molecule has 2 unspecified atom stereocenters. The molecule has 3 heteroatoms. The summed E-state index contributed by atoms with van der Waals surface area (Å²) in [6, 6.07) is 0.199. The Morgan fingerprint density at radius 1 is 1.64 bits per heavy atom. The minimum atomic E-state index is -0.183. The topological polar surface area (TPSA) is 43.7 Å². The summed E-state index contributed by atoms with van der Waals surface area (Å²) in [6.45, 7) is 3.91. The zero-order valence-corrected chi connectivity index (χ0v) is 7.03. The number of hydrogen-bond donors (Lipinski definition) is 2. The molecule has 0 aromatic heterocycles. The smallest absolute Gasteiger partial charge is 0.0667 e. The largest absolute Gasteiger partial charge is 0.395 e. The van der Waals surface area contributed by atoms with Gasteiger partial charge < -0.3 is 10.2 Å². The average Bonchev–Trinajstić information content (AvgIpc) is 2.03. The van der Waals surface area contributed by atoms with Gasteiger partial charge >= 0.3 is 0 Å². The highest BCUT2D eigenvalue weighted by atomic mass is 16.3. The molecule has 0 amide bonds. The number of likely N-dealkylation sites (tertiary alicyclic amines) is 1. The van der Waals surface area contributed by atoms with Gasteiger partial charge in [-0.25, -0.2) is 0 Å². The van der Waals surface area contributed by atoms with Crippen molar-refractivity contribution < 1.29 is 10.2 Å². The predicted molar refractivity (Wildman–Crippen MR) is 43.4 cm³/mol. The Morgan fingerprint density at radius 2 is 2.36 bits per heavy atom. The molecule has 0 aromatic rings. The van der Waals surface area contributed by atoms with Crippen LogP contribution in [-0.4, -0.2) is 47.0 Å². The van der Waals surface area contributed by atoms with Gasteiger partial charge in [-0.3, -0.25) is 4.90 Å². The Bertz CT molecular complexity index is 119. The van der Waals surface area contributed by atoms with Crippen LogP contribution in [0.15, 0.2) is 0 Å². The van der Waals surface area contributed by atoms with Gasteiger partial charge in [-0.1, -0.05) is 0 Å². The Hall–Kier alpha value is -0.120. The normalized spacial score (nSPS) is 30.3. The minimum absolute atomic E-state index is 0.183. The number of aliphatic hydroxyl groups excluding tert-OH is 2. The van der Waals surface area contributed by atoms with E-state index in [1.54, 1.807) is 0 Å². The van der Waals surface area contributed by atoms with E-state index in [1.807, 2.05) is 6.92 Å². The molecule has 11 heavy (non-hydrogen) atoms. The van der Waals surface area contributed by atoms with Crippen LogP contribution in [-0.2, 0) is 0 Å². The van der Waals surface area contributed by atoms with Crippen molar-refractivity contribution in [1.29, 1.82) is 0 Å². The van der Waals surface area contributed by atoms with Crippen LogP contribution < -0.4 is 0 Å². The number of nitrogens with zero attached hydrogens (tertiary/aromatic N) is 1. The number of hydrogen-bond acceptors (Lipinski definition) is 3. The van der Waals surface area contributed by atoms with Gasteiger partial charge in [0.1, 0.15) is 0 Å². The zero-order valence-electron chi connectivity index (χ0n) is 7.03. The molecule has 1 heterocycles. The quantitative estimate of drug-likeness (QED) is 0.587. The molecular weight excluding hydrogens is 142 g/mol. The van der Waals surface area contributed by atoms with Gasteiger partial charge in [0.2, 0.25) is 0 Å². The van der Waals surface area contributed by atoms with E-state index >= 15 is 0 Å².